The molecule has 0 bridgehead atoms. The molecule has 2 heteroatoms. The van der Waals surface area contributed by atoms with Gasteiger partial charge in [-0.3, -0.25) is 0 Å². The van der Waals surface area contributed by atoms with E-state index in [-0.39, 0.29) is 0 Å². The lowest BCUT2D eigenvalue weighted by Crippen LogP contribution is -1.97. The first-order valence-corrected chi connectivity index (χ1v) is 15.0. The zero-order valence-corrected chi connectivity index (χ0v) is 23.9. The third kappa shape index (κ3) is 3.50. The van der Waals surface area contributed by atoms with Crippen molar-refractivity contribution in [1.29, 1.82) is 0 Å². The Kier molecular flexibility index (Phi) is 5.21. The third-order valence-electron chi connectivity index (χ3n) is 9.15. The molecular weight excluding hydrogens is 520 g/mol. The number of rotatable bonds is 3. The van der Waals surface area contributed by atoms with Gasteiger partial charge in [0.1, 0.15) is 5.82 Å². The van der Waals surface area contributed by atoms with Crippen LogP contribution in [0.4, 0.5) is 0 Å². The van der Waals surface area contributed by atoms with Gasteiger partial charge in [-0.05, 0) is 90.1 Å². The molecule has 0 amide bonds. The Hall–Kier alpha value is -5.47. The molecule has 0 unspecified atom stereocenters. The topological polar surface area (TPSA) is 17.8 Å². The second-order valence-electron chi connectivity index (χ2n) is 11.4. The lowest BCUT2D eigenvalue weighted by molar-refractivity contribution is 0.796. The van der Waals surface area contributed by atoms with Crippen molar-refractivity contribution in [1.82, 2.24) is 9.55 Å². The first-order valence-electron chi connectivity index (χ1n) is 15.0. The Morgan fingerprint density at radius 1 is 0.488 bits per heavy atom. The maximum absolute atomic E-state index is 5.00. The number of hydrogen-bond donors (Lipinski definition) is 0. The summed E-state index contributed by atoms with van der Waals surface area (Å²) in [6.07, 6.45) is 0. The highest BCUT2D eigenvalue weighted by atomic mass is 15.1. The number of fused-ring (bicyclic) bond motifs is 6. The first-order chi connectivity index (χ1) is 21.3. The van der Waals surface area contributed by atoms with Gasteiger partial charge in [-0.2, -0.15) is 0 Å². The maximum atomic E-state index is 5.00. The summed E-state index contributed by atoms with van der Waals surface area (Å²) < 4.78 is 2.30. The fourth-order valence-electron chi connectivity index (χ4n) is 7.26. The molecule has 0 saturated carbocycles. The van der Waals surface area contributed by atoms with E-state index in [0.717, 1.165) is 23.4 Å². The van der Waals surface area contributed by atoms with Gasteiger partial charge >= 0.3 is 0 Å². The van der Waals surface area contributed by atoms with Gasteiger partial charge in [-0.25, -0.2) is 4.98 Å². The van der Waals surface area contributed by atoms with Crippen molar-refractivity contribution in [3.05, 3.63) is 140 Å². The maximum Gasteiger partial charge on any atom is 0.141 e. The molecule has 2 nitrogen and oxygen atoms in total. The summed E-state index contributed by atoms with van der Waals surface area (Å²) in [6.45, 7) is 3.06. The minimum Gasteiger partial charge on any atom is -0.324 e. The van der Waals surface area contributed by atoms with Crippen LogP contribution in [0.1, 0.15) is 6.92 Å². The number of hydrogen-bond acceptors (Lipinski definition) is 1. The smallest absolute Gasteiger partial charge is 0.141 e. The summed E-state index contributed by atoms with van der Waals surface area (Å²) in [5.74, 6) is 1.02. The number of aryl methyl sites for hydroxylation is 1. The molecule has 202 valence electrons. The Labute approximate surface area is 249 Å². The molecule has 0 N–H and O–H groups in total. The van der Waals surface area contributed by atoms with E-state index >= 15 is 0 Å². The third-order valence-corrected chi connectivity index (χ3v) is 9.15. The second-order valence-corrected chi connectivity index (χ2v) is 11.4. The number of imidazole rings is 1. The highest BCUT2D eigenvalue weighted by Gasteiger charge is 2.16. The molecule has 0 aliphatic heterocycles. The van der Waals surface area contributed by atoms with Crippen molar-refractivity contribution in [2.24, 2.45) is 0 Å². The molecule has 0 aliphatic carbocycles. The van der Waals surface area contributed by atoms with Crippen LogP contribution in [0.25, 0.3) is 87.4 Å². The SMILES string of the molecule is CCn1c(-c2ccc(-c3cc4cccc5c6ccccc6c6ccccc6c6cccc3c6c45)cc2)nc2ccccc21. The van der Waals surface area contributed by atoms with Gasteiger partial charge in [0.15, 0.2) is 0 Å². The van der Waals surface area contributed by atoms with Crippen molar-refractivity contribution in [3.8, 4) is 22.5 Å². The Bertz CT molecular complexity index is 2530. The number of aromatic nitrogens is 2. The number of para-hydroxylation sites is 2. The lowest BCUT2D eigenvalue weighted by atomic mass is 9.87. The monoisotopic (exact) mass is 548 g/mol. The van der Waals surface area contributed by atoms with E-state index in [4.69, 9.17) is 4.98 Å². The van der Waals surface area contributed by atoms with Crippen molar-refractivity contribution < 1.29 is 0 Å². The van der Waals surface area contributed by atoms with Crippen molar-refractivity contribution in [2.45, 2.75) is 13.5 Å². The van der Waals surface area contributed by atoms with Crippen LogP contribution < -0.4 is 0 Å². The van der Waals surface area contributed by atoms with Crippen molar-refractivity contribution >= 4 is 64.9 Å². The van der Waals surface area contributed by atoms with E-state index in [1.165, 1.54) is 70.5 Å². The highest BCUT2D eigenvalue weighted by molar-refractivity contribution is 6.34. The van der Waals surface area contributed by atoms with Gasteiger partial charge in [0, 0.05) is 12.1 Å². The molecule has 1 heterocycles. The van der Waals surface area contributed by atoms with E-state index in [1.807, 2.05) is 0 Å². The Morgan fingerprint density at radius 2 is 1.02 bits per heavy atom. The van der Waals surface area contributed by atoms with E-state index in [1.54, 1.807) is 0 Å². The molecule has 43 heavy (non-hydrogen) atoms. The van der Waals surface area contributed by atoms with Crippen LogP contribution in [0, 0.1) is 0 Å². The van der Waals surface area contributed by atoms with Gasteiger partial charge in [0.05, 0.1) is 11.0 Å². The average Bonchev–Trinajstić information content (AvgIpc) is 3.45. The molecule has 0 atom stereocenters. The van der Waals surface area contributed by atoms with Crippen LogP contribution >= 0.6 is 0 Å². The van der Waals surface area contributed by atoms with Crippen LogP contribution in [0.2, 0.25) is 0 Å². The minimum absolute atomic E-state index is 0.878. The molecule has 0 radical (unpaired) electrons. The predicted molar refractivity (Wildman–Crippen MR) is 184 cm³/mol. The zero-order valence-electron chi connectivity index (χ0n) is 23.9. The van der Waals surface area contributed by atoms with E-state index < -0.39 is 0 Å². The molecule has 9 rings (SSSR count). The molecule has 8 aromatic carbocycles. The van der Waals surface area contributed by atoms with Gasteiger partial charge in [0.2, 0.25) is 0 Å². The molecule has 0 fully saturated rings. The lowest BCUT2D eigenvalue weighted by Gasteiger charge is -2.17. The summed E-state index contributed by atoms with van der Waals surface area (Å²) in [7, 11) is 0. The first kappa shape index (κ1) is 24.2. The minimum atomic E-state index is 0.878. The predicted octanol–water partition coefficient (Wildman–Crippen LogP) is 11.2. The average molecular weight is 549 g/mol. The molecule has 1 aromatic heterocycles. The van der Waals surface area contributed by atoms with Crippen LogP contribution in [0.3, 0.4) is 0 Å². The molecule has 0 aliphatic rings. The Morgan fingerprint density at radius 3 is 1.72 bits per heavy atom. The standard InChI is InChI=1S/C41H28N2/c1-2-43-38-20-8-7-19-37(38)42-41(43)27-23-21-26(22-24-27)36-25-28-11-9-16-33-31-14-5-3-12-29(31)30-13-4-6-15-32(30)34-17-10-18-35(36)40(34)39(28)33/h3-25H,2H2,1H3. The van der Waals surface area contributed by atoms with Crippen LogP contribution in [0.15, 0.2) is 140 Å². The molecule has 0 saturated heterocycles. The van der Waals surface area contributed by atoms with Crippen LogP contribution in [0.5, 0.6) is 0 Å². The second kappa shape index (κ2) is 9.27. The van der Waals surface area contributed by atoms with E-state index in [9.17, 15) is 0 Å². The largest absolute Gasteiger partial charge is 0.324 e. The number of benzene rings is 7. The molecule has 0 spiro atoms. The summed E-state index contributed by atoms with van der Waals surface area (Å²) in [6, 6.07) is 51.1. The van der Waals surface area contributed by atoms with Crippen molar-refractivity contribution in [3.63, 3.8) is 0 Å². The number of nitrogens with zero attached hydrogens (tertiary/aromatic N) is 2. The van der Waals surface area contributed by atoms with Crippen LogP contribution in [-0.2, 0) is 6.54 Å². The van der Waals surface area contributed by atoms with Crippen LogP contribution in [-0.4, -0.2) is 9.55 Å². The Balaban J connectivity index is 1.36. The van der Waals surface area contributed by atoms with E-state index in [0.29, 0.717) is 0 Å². The summed E-state index contributed by atoms with van der Waals surface area (Å²) >= 11 is 0. The fourth-order valence-corrected chi connectivity index (χ4v) is 7.26. The van der Waals surface area contributed by atoms with E-state index in [2.05, 4.69) is 151 Å². The van der Waals surface area contributed by atoms with Gasteiger partial charge < -0.3 is 4.57 Å². The normalized spacial score (nSPS) is 11.9. The summed E-state index contributed by atoms with van der Waals surface area (Å²) in [5, 5.41) is 12.9. The van der Waals surface area contributed by atoms with Gasteiger partial charge in [-0.1, -0.05) is 121 Å². The molecular formula is C41H28N2. The quantitative estimate of drug-likeness (QED) is 0.201. The zero-order chi connectivity index (χ0) is 28.5. The van der Waals surface area contributed by atoms with Gasteiger partial charge in [0.25, 0.3) is 0 Å². The summed E-state index contributed by atoms with van der Waals surface area (Å²) in [5.41, 5.74) is 5.81. The highest BCUT2D eigenvalue weighted by Crippen LogP contribution is 2.43. The fraction of sp³-hybridized carbons (Fsp3) is 0.0488. The summed E-state index contributed by atoms with van der Waals surface area (Å²) in [4.78, 5) is 5.00. The van der Waals surface area contributed by atoms with Gasteiger partial charge in [-0.15, -0.1) is 0 Å². The van der Waals surface area contributed by atoms with Crippen molar-refractivity contribution in [2.75, 3.05) is 0 Å². The molecule has 9 aromatic rings.